The van der Waals surface area contributed by atoms with Gasteiger partial charge in [0.05, 0.1) is 5.69 Å². The van der Waals surface area contributed by atoms with Crippen molar-refractivity contribution in [3.63, 3.8) is 0 Å². The lowest BCUT2D eigenvalue weighted by Crippen LogP contribution is -2.20. The molecule has 41 heavy (non-hydrogen) atoms. The maximum Gasteiger partial charge on any atom is 0.353 e. The van der Waals surface area contributed by atoms with Gasteiger partial charge in [0.1, 0.15) is 11.4 Å². The molecule has 0 aliphatic rings. The Labute approximate surface area is 235 Å². The number of anilines is 1. The number of aromatic carboxylic acids is 1. The molecule has 6 rings (SSSR count). The molecule has 0 fully saturated rings. The zero-order chi connectivity index (χ0) is 28.2. The van der Waals surface area contributed by atoms with Gasteiger partial charge in [-0.05, 0) is 52.2 Å². The molecule has 0 atom stereocenters. The number of para-hydroxylation sites is 1. The fourth-order valence-electron chi connectivity index (χ4n) is 4.83. The fraction of sp³-hybridized carbons (Fsp3) is 0.0606. The van der Waals surface area contributed by atoms with Crippen molar-refractivity contribution in [2.75, 3.05) is 11.9 Å². The normalized spacial score (nSPS) is 10.9. The number of fused-ring (bicyclic) bond motifs is 1. The second kappa shape index (κ2) is 11.2. The van der Waals surface area contributed by atoms with Crippen molar-refractivity contribution in [1.29, 1.82) is 0 Å². The van der Waals surface area contributed by atoms with Crippen LogP contribution in [0.5, 0.6) is 5.75 Å². The van der Waals surface area contributed by atoms with Gasteiger partial charge in [0.25, 0.3) is 5.91 Å². The minimum Gasteiger partial charge on any atom is -0.484 e. The number of carbonyl (C=O) groups is 2. The van der Waals surface area contributed by atoms with E-state index in [1.165, 1.54) is 22.4 Å². The van der Waals surface area contributed by atoms with Gasteiger partial charge in [-0.25, -0.2) is 4.79 Å². The molecule has 0 bridgehead atoms. The number of nitrogens with one attached hydrogen (secondary N) is 2. The van der Waals surface area contributed by atoms with E-state index in [-0.39, 0.29) is 18.2 Å². The van der Waals surface area contributed by atoms with Crippen LogP contribution in [0.4, 0.5) is 5.69 Å². The molecule has 1 amide bonds. The lowest BCUT2D eigenvalue weighted by molar-refractivity contribution is -0.118. The third-order valence-electron chi connectivity index (χ3n) is 6.79. The summed E-state index contributed by atoms with van der Waals surface area (Å²) in [5.41, 5.74) is 5.02. The minimum atomic E-state index is -1.07. The van der Waals surface area contributed by atoms with Crippen LogP contribution in [-0.2, 0) is 11.3 Å². The Morgan fingerprint density at radius 2 is 1.59 bits per heavy atom. The zero-order valence-electron chi connectivity index (χ0n) is 22.0. The Bertz CT molecular complexity index is 1830. The van der Waals surface area contributed by atoms with E-state index < -0.39 is 5.97 Å². The molecule has 2 heterocycles. The standard InChI is InChI=1S/C33H26N4O4/c38-32(34-25-10-2-1-3-11-25)21-41-26-15-13-23(14-16-26)28-19-37(20-29(28)30-17-31(33(39)40)36-35-30)18-24-9-6-8-22-7-4-5-12-27(22)24/h1-17,19-20H,18,21H2,(H,34,38)(H,35,36)(H,39,40). The number of carboxylic acid groups (broad SMARTS) is 1. The molecule has 202 valence electrons. The van der Waals surface area contributed by atoms with Gasteiger partial charge in [-0.15, -0.1) is 0 Å². The predicted octanol–water partition coefficient (Wildman–Crippen LogP) is 6.46. The first-order valence-corrected chi connectivity index (χ1v) is 13.1. The highest BCUT2D eigenvalue weighted by Crippen LogP contribution is 2.34. The molecule has 0 radical (unpaired) electrons. The van der Waals surface area contributed by atoms with Gasteiger partial charge in [-0.1, -0.05) is 72.8 Å². The third kappa shape index (κ3) is 5.72. The van der Waals surface area contributed by atoms with Crippen LogP contribution >= 0.6 is 0 Å². The molecule has 4 aromatic carbocycles. The van der Waals surface area contributed by atoms with Crippen LogP contribution in [0.1, 0.15) is 16.1 Å². The smallest absolute Gasteiger partial charge is 0.353 e. The van der Waals surface area contributed by atoms with Crippen LogP contribution in [0.3, 0.4) is 0 Å². The highest BCUT2D eigenvalue weighted by Gasteiger charge is 2.17. The van der Waals surface area contributed by atoms with Crippen molar-refractivity contribution in [3.05, 3.63) is 127 Å². The second-order valence-electron chi connectivity index (χ2n) is 9.60. The molecule has 0 aliphatic heterocycles. The van der Waals surface area contributed by atoms with Crippen molar-refractivity contribution in [2.45, 2.75) is 6.54 Å². The molecule has 0 saturated carbocycles. The van der Waals surface area contributed by atoms with Crippen LogP contribution in [0.2, 0.25) is 0 Å². The van der Waals surface area contributed by atoms with Gasteiger partial charge in [0.2, 0.25) is 0 Å². The molecule has 8 nitrogen and oxygen atoms in total. The summed E-state index contributed by atoms with van der Waals surface area (Å²) in [6.45, 7) is 0.508. The van der Waals surface area contributed by atoms with Crippen LogP contribution in [0.25, 0.3) is 33.2 Å². The number of hydrogen-bond donors (Lipinski definition) is 3. The van der Waals surface area contributed by atoms with Crippen LogP contribution in [0.15, 0.2) is 116 Å². The van der Waals surface area contributed by atoms with E-state index in [9.17, 15) is 14.7 Å². The van der Waals surface area contributed by atoms with Crippen molar-refractivity contribution >= 4 is 28.3 Å². The van der Waals surface area contributed by atoms with Crippen LogP contribution in [0, 0.1) is 0 Å². The van der Waals surface area contributed by atoms with Gasteiger partial charge in [-0.2, -0.15) is 5.10 Å². The zero-order valence-corrected chi connectivity index (χ0v) is 22.0. The quantitative estimate of drug-likeness (QED) is 0.194. The van der Waals surface area contributed by atoms with Gasteiger partial charge >= 0.3 is 5.97 Å². The van der Waals surface area contributed by atoms with E-state index in [4.69, 9.17) is 4.74 Å². The highest BCUT2D eigenvalue weighted by atomic mass is 16.5. The first-order chi connectivity index (χ1) is 20.0. The maximum absolute atomic E-state index is 12.3. The average Bonchev–Trinajstić information content (AvgIpc) is 3.65. The lowest BCUT2D eigenvalue weighted by atomic mass is 10.0. The van der Waals surface area contributed by atoms with Crippen molar-refractivity contribution < 1.29 is 19.4 Å². The second-order valence-corrected chi connectivity index (χ2v) is 9.60. The largest absolute Gasteiger partial charge is 0.484 e. The van der Waals surface area contributed by atoms with E-state index in [1.807, 2.05) is 79.1 Å². The lowest BCUT2D eigenvalue weighted by Gasteiger charge is -2.09. The first-order valence-electron chi connectivity index (χ1n) is 13.1. The molecule has 0 aliphatic carbocycles. The van der Waals surface area contributed by atoms with Crippen LogP contribution in [-0.4, -0.2) is 38.4 Å². The van der Waals surface area contributed by atoms with Gasteiger partial charge in [0.15, 0.2) is 6.61 Å². The number of hydrogen-bond acceptors (Lipinski definition) is 4. The van der Waals surface area contributed by atoms with Gasteiger partial charge < -0.3 is 19.7 Å². The summed E-state index contributed by atoms with van der Waals surface area (Å²) in [5, 5.41) is 21.4. The van der Waals surface area contributed by atoms with E-state index in [0.29, 0.717) is 23.7 Å². The van der Waals surface area contributed by atoms with E-state index >= 15 is 0 Å². The van der Waals surface area contributed by atoms with E-state index in [0.717, 1.165) is 16.7 Å². The highest BCUT2D eigenvalue weighted by molar-refractivity contribution is 5.92. The number of benzene rings is 4. The molecule has 8 heteroatoms. The minimum absolute atomic E-state index is 0.0188. The van der Waals surface area contributed by atoms with Crippen molar-refractivity contribution in [3.8, 4) is 28.1 Å². The molecular weight excluding hydrogens is 516 g/mol. The number of amides is 1. The fourth-order valence-corrected chi connectivity index (χ4v) is 4.83. The molecule has 0 saturated heterocycles. The number of aromatic nitrogens is 3. The summed E-state index contributed by atoms with van der Waals surface area (Å²) in [6, 6.07) is 32.7. The number of rotatable bonds is 9. The Balaban J connectivity index is 1.26. The predicted molar refractivity (Wildman–Crippen MR) is 158 cm³/mol. The molecule has 0 unspecified atom stereocenters. The topological polar surface area (TPSA) is 109 Å². The SMILES string of the molecule is O=C(COc1ccc(-c2cn(Cc3cccc4ccccc34)cc2-c2cc(C(=O)O)[nH]n2)cc1)Nc1ccccc1. The summed E-state index contributed by atoms with van der Waals surface area (Å²) in [7, 11) is 0. The summed E-state index contributed by atoms with van der Waals surface area (Å²) < 4.78 is 7.78. The Morgan fingerprint density at radius 1 is 0.854 bits per heavy atom. The number of nitrogens with zero attached hydrogens (tertiary/aromatic N) is 2. The molecule has 6 aromatic rings. The van der Waals surface area contributed by atoms with Crippen LogP contribution < -0.4 is 10.1 Å². The molecule has 2 aromatic heterocycles. The van der Waals surface area contributed by atoms with E-state index in [2.05, 4.69) is 50.4 Å². The molecule has 3 N–H and O–H groups in total. The van der Waals surface area contributed by atoms with Gasteiger partial charge in [0, 0.05) is 35.8 Å². The maximum atomic E-state index is 12.3. The monoisotopic (exact) mass is 542 g/mol. The summed E-state index contributed by atoms with van der Waals surface area (Å²) >= 11 is 0. The number of carbonyl (C=O) groups excluding carboxylic acids is 1. The average molecular weight is 543 g/mol. The number of carboxylic acids is 1. The van der Waals surface area contributed by atoms with Crippen molar-refractivity contribution in [1.82, 2.24) is 14.8 Å². The summed E-state index contributed by atoms with van der Waals surface area (Å²) in [6.07, 6.45) is 4.02. The summed E-state index contributed by atoms with van der Waals surface area (Å²) in [5.74, 6) is -0.763. The first kappa shape index (κ1) is 25.6. The Kier molecular flexibility index (Phi) is 7.02. The van der Waals surface area contributed by atoms with E-state index in [1.54, 1.807) is 0 Å². The number of ether oxygens (including phenoxy) is 1. The molecular formula is C33H26N4O4. The molecule has 0 spiro atoms. The van der Waals surface area contributed by atoms with Crippen molar-refractivity contribution in [2.24, 2.45) is 0 Å². The third-order valence-corrected chi connectivity index (χ3v) is 6.79. The van der Waals surface area contributed by atoms with Gasteiger partial charge in [-0.3, -0.25) is 9.89 Å². The number of aromatic amines is 1. The Morgan fingerprint density at radius 3 is 2.37 bits per heavy atom. The number of H-pyrrole nitrogens is 1. The summed E-state index contributed by atoms with van der Waals surface area (Å²) in [4.78, 5) is 23.8. The Hall–Kier alpha value is -5.63.